The monoisotopic (exact) mass is 149 g/mol. The summed E-state index contributed by atoms with van der Waals surface area (Å²) in [5.74, 6) is -0.247. The highest BCUT2D eigenvalue weighted by Gasteiger charge is 2.05. The normalized spacial score (nSPS) is 13.9. The van der Waals surface area contributed by atoms with Gasteiger partial charge in [-0.3, -0.25) is 5.32 Å². The summed E-state index contributed by atoms with van der Waals surface area (Å²) in [6, 6.07) is 4.56. The minimum Gasteiger partial charge on any atom is -0.269 e. The predicted molar refractivity (Wildman–Crippen MR) is 40.4 cm³/mol. The fraction of sp³-hybridized carbons (Fsp3) is 0.125. The summed E-state index contributed by atoms with van der Waals surface area (Å²) in [7, 11) is 0. The van der Waals surface area contributed by atoms with Crippen LogP contribution in [0.2, 0.25) is 0 Å². The van der Waals surface area contributed by atoms with Crippen LogP contribution < -0.4 is 5.32 Å². The van der Waals surface area contributed by atoms with Gasteiger partial charge in [0.05, 0.1) is 12.2 Å². The molecular formula is C8H6FN2. The van der Waals surface area contributed by atoms with E-state index in [1.807, 2.05) is 0 Å². The van der Waals surface area contributed by atoms with Crippen molar-refractivity contribution >= 4 is 12.0 Å². The first kappa shape index (κ1) is 6.34. The minimum atomic E-state index is -0.247. The molecule has 55 valence electrons. The van der Waals surface area contributed by atoms with Gasteiger partial charge in [-0.2, -0.15) is 0 Å². The lowest BCUT2D eigenvalue weighted by Crippen LogP contribution is -2.06. The van der Waals surface area contributed by atoms with Crippen LogP contribution in [0.1, 0.15) is 5.56 Å². The Kier molecular flexibility index (Phi) is 1.35. The maximum atomic E-state index is 12.6. The van der Waals surface area contributed by atoms with Gasteiger partial charge >= 0.3 is 0 Å². The molecule has 0 bridgehead atoms. The molecule has 2 rings (SSSR count). The number of hydrogen-bond acceptors (Lipinski definition) is 1. The van der Waals surface area contributed by atoms with Crippen molar-refractivity contribution in [2.24, 2.45) is 4.99 Å². The Morgan fingerprint density at radius 2 is 2.27 bits per heavy atom. The average Bonchev–Trinajstić information content (AvgIpc) is 2.04. The Hall–Kier alpha value is -1.38. The highest BCUT2D eigenvalue weighted by molar-refractivity contribution is 5.66. The van der Waals surface area contributed by atoms with E-state index in [-0.39, 0.29) is 5.82 Å². The Balaban J connectivity index is 2.54. The molecule has 0 atom stereocenters. The molecule has 1 aromatic rings. The van der Waals surface area contributed by atoms with Gasteiger partial charge in [-0.25, -0.2) is 9.38 Å². The Morgan fingerprint density at radius 1 is 1.36 bits per heavy atom. The predicted octanol–water partition coefficient (Wildman–Crippen LogP) is 1.60. The van der Waals surface area contributed by atoms with Crippen LogP contribution in [0.15, 0.2) is 23.2 Å². The number of aliphatic imine (C=N–C) groups is 1. The van der Waals surface area contributed by atoms with Gasteiger partial charge in [0, 0.05) is 0 Å². The second-order valence-corrected chi connectivity index (χ2v) is 2.36. The van der Waals surface area contributed by atoms with E-state index in [4.69, 9.17) is 0 Å². The molecule has 0 aliphatic carbocycles. The topological polar surface area (TPSA) is 26.5 Å². The number of hydrogen-bond donors (Lipinski definition) is 0. The molecule has 2 nitrogen and oxygen atoms in total. The molecular weight excluding hydrogens is 143 g/mol. The molecule has 0 saturated carbocycles. The highest BCUT2D eigenvalue weighted by atomic mass is 19.1. The van der Waals surface area contributed by atoms with E-state index in [2.05, 4.69) is 10.3 Å². The van der Waals surface area contributed by atoms with Crippen molar-refractivity contribution in [1.29, 1.82) is 0 Å². The van der Waals surface area contributed by atoms with Crippen LogP contribution >= 0.6 is 0 Å². The zero-order chi connectivity index (χ0) is 7.68. The van der Waals surface area contributed by atoms with Crippen molar-refractivity contribution in [3.63, 3.8) is 0 Å². The summed E-state index contributed by atoms with van der Waals surface area (Å²) < 4.78 is 12.6. The number of fused-ring (bicyclic) bond motifs is 1. The second-order valence-electron chi connectivity index (χ2n) is 2.36. The van der Waals surface area contributed by atoms with Gasteiger partial charge in [-0.05, 0) is 17.7 Å². The molecule has 0 N–H and O–H groups in total. The summed E-state index contributed by atoms with van der Waals surface area (Å²) in [4.78, 5) is 3.92. The Bertz CT molecular complexity index is 307. The van der Waals surface area contributed by atoms with E-state index in [9.17, 15) is 4.39 Å². The third-order valence-corrected chi connectivity index (χ3v) is 1.59. The zero-order valence-electron chi connectivity index (χ0n) is 5.79. The summed E-state index contributed by atoms with van der Waals surface area (Å²) in [5.41, 5.74) is 1.67. The molecule has 0 saturated heterocycles. The first-order valence-electron chi connectivity index (χ1n) is 3.34. The lowest BCUT2D eigenvalue weighted by Gasteiger charge is -2.07. The number of nitrogens with zero attached hydrogens (tertiary/aromatic N) is 2. The Morgan fingerprint density at radius 3 is 3.18 bits per heavy atom. The molecule has 0 fully saturated rings. The lowest BCUT2D eigenvalue weighted by atomic mass is 10.1. The minimum absolute atomic E-state index is 0.247. The molecule has 1 heterocycles. The first-order chi connectivity index (χ1) is 5.36. The van der Waals surface area contributed by atoms with Crippen LogP contribution in [0, 0.1) is 5.82 Å². The first-order valence-corrected chi connectivity index (χ1v) is 3.34. The summed E-state index contributed by atoms with van der Waals surface area (Å²) >= 11 is 0. The van der Waals surface area contributed by atoms with E-state index < -0.39 is 0 Å². The van der Waals surface area contributed by atoms with Crippen molar-refractivity contribution in [3.05, 3.63) is 29.6 Å². The van der Waals surface area contributed by atoms with Gasteiger partial charge in [-0.15, -0.1) is 0 Å². The fourth-order valence-electron chi connectivity index (χ4n) is 1.03. The SMILES string of the molecule is Fc1ccc2c(c1)N=C[N]C2. The standard InChI is InChI=1S/C8H6FN2/c9-7-2-1-6-4-10-5-11-8(6)3-7/h1-3,5H,4H2. The average molecular weight is 149 g/mol. The number of halogens is 1. The maximum absolute atomic E-state index is 12.6. The van der Waals surface area contributed by atoms with Crippen molar-refractivity contribution in [1.82, 2.24) is 5.32 Å². The van der Waals surface area contributed by atoms with Crippen LogP contribution in [0.5, 0.6) is 0 Å². The van der Waals surface area contributed by atoms with Crippen molar-refractivity contribution in [2.75, 3.05) is 0 Å². The second kappa shape index (κ2) is 2.34. The fourth-order valence-corrected chi connectivity index (χ4v) is 1.03. The third kappa shape index (κ3) is 1.09. The molecule has 1 radical (unpaired) electrons. The quantitative estimate of drug-likeness (QED) is 0.535. The van der Waals surface area contributed by atoms with E-state index in [0.29, 0.717) is 12.2 Å². The lowest BCUT2D eigenvalue weighted by molar-refractivity contribution is 0.627. The van der Waals surface area contributed by atoms with E-state index in [0.717, 1.165) is 5.56 Å². The van der Waals surface area contributed by atoms with Gasteiger partial charge in [0.1, 0.15) is 12.2 Å². The van der Waals surface area contributed by atoms with Crippen molar-refractivity contribution in [3.8, 4) is 0 Å². The van der Waals surface area contributed by atoms with Gasteiger partial charge in [0.2, 0.25) is 0 Å². The molecule has 1 aliphatic heterocycles. The smallest absolute Gasteiger partial charge is 0.125 e. The largest absolute Gasteiger partial charge is 0.269 e. The van der Waals surface area contributed by atoms with E-state index >= 15 is 0 Å². The molecule has 1 aromatic carbocycles. The third-order valence-electron chi connectivity index (χ3n) is 1.59. The van der Waals surface area contributed by atoms with Crippen LogP contribution in [0.4, 0.5) is 10.1 Å². The van der Waals surface area contributed by atoms with Crippen molar-refractivity contribution < 1.29 is 4.39 Å². The van der Waals surface area contributed by atoms with Crippen molar-refractivity contribution in [2.45, 2.75) is 6.54 Å². The summed E-state index contributed by atoms with van der Waals surface area (Å²) in [6.07, 6.45) is 1.46. The van der Waals surface area contributed by atoms with Gasteiger partial charge in [0.25, 0.3) is 0 Å². The molecule has 1 aliphatic rings. The summed E-state index contributed by atoms with van der Waals surface area (Å²) in [5, 5.41) is 3.93. The van der Waals surface area contributed by atoms with Crippen LogP contribution in [0.25, 0.3) is 0 Å². The summed E-state index contributed by atoms with van der Waals surface area (Å²) in [6.45, 7) is 0.610. The highest BCUT2D eigenvalue weighted by Crippen LogP contribution is 2.21. The van der Waals surface area contributed by atoms with Crippen LogP contribution in [-0.4, -0.2) is 6.34 Å². The van der Waals surface area contributed by atoms with Gasteiger partial charge in [0.15, 0.2) is 0 Å². The number of benzene rings is 1. The molecule has 11 heavy (non-hydrogen) atoms. The Labute approximate surface area is 63.8 Å². The van der Waals surface area contributed by atoms with Crippen LogP contribution in [0.3, 0.4) is 0 Å². The van der Waals surface area contributed by atoms with E-state index in [1.54, 1.807) is 6.07 Å². The maximum Gasteiger partial charge on any atom is 0.125 e. The van der Waals surface area contributed by atoms with Gasteiger partial charge < -0.3 is 0 Å². The molecule has 0 amide bonds. The van der Waals surface area contributed by atoms with E-state index in [1.165, 1.54) is 18.5 Å². The van der Waals surface area contributed by atoms with Gasteiger partial charge in [-0.1, -0.05) is 6.07 Å². The molecule has 0 aromatic heterocycles. The number of rotatable bonds is 0. The van der Waals surface area contributed by atoms with Crippen LogP contribution in [-0.2, 0) is 6.54 Å². The molecule has 3 heteroatoms. The molecule has 0 spiro atoms. The zero-order valence-corrected chi connectivity index (χ0v) is 5.79. The molecule has 0 unspecified atom stereocenters.